The molecule has 0 aliphatic heterocycles. The number of pyridine rings is 1. The number of unbranched alkanes of at least 4 members (excludes halogenated alkanes) is 7. The molecular formula is C32H45NO4. The van der Waals surface area contributed by atoms with Gasteiger partial charge in [0.05, 0.1) is 18.7 Å². The Morgan fingerprint density at radius 1 is 0.676 bits per heavy atom. The van der Waals surface area contributed by atoms with Crippen molar-refractivity contribution in [3.63, 3.8) is 0 Å². The fourth-order valence-electron chi connectivity index (χ4n) is 4.42. The highest BCUT2D eigenvalue weighted by Gasteiger charge is 2.20. The maximum absolute atomic E-state index is 13.9. The summed E-state index contributed by atoms with van der Waals surface area (Å²) in [6.45, 7) is 8.74. The maximum Gasteiger partial charge on any atom is 0.297 e. The minimum atomic E-state index is -0.130. The van der Waals surface area contributed by atoms with Gasteiger partial charge >= 0.3 is 0 Å². The van der Waals surface area contributed by atoms with Gasteiger partial charge in [0.1, 0.15) is 12.4 Å². The summed E-state index contributed by atoms with van der Waals surface area (Å²) in [7, 11) is 0. The molecule has 0 aliphatic carbocycles. The molecule has 0 radical (unpaired) electrons. The van der Waals surface area contributed by atoms with Crippen LogP contribution in [0, 0.1) is 0 Å². The predicted molar refractivity (Wildman–Crippen MR) is 153 cm³/mol. The van der Waals surface area contributed by atoms with Gasteiger partial charge in [-0.05, 0) is 37.0 Å². The van der Waals surface area contributed by atoms with E-state index in [-0.39, 0.29) is 5.56 Å². The van der Waals surface area contributed by atoms with Crippen molar-refractivity contribution in [1.82, 2.24) is 4.57 Å². The Kier molecular flexibility index (Phi) is 12.4. The molecular weight excluding hydrogens is 462 g/mol. The summed E-state index contributed by atoms with van der Waals surface area (Å²) in [4.78, 5) is 13.9. The monoisotopic (exact) mass is 507 g/mol. The second-order valence-corrected chi connectivity index (χ2v) is 9.74. The molecule has 0 atom stereocenters. The van der Waals surface area contributed by atoms with Gasteiger partial charge in [0.2, 0.25) is 5.75 Å². The maximum atomic E-state index is 13.9. The summed E-state index contributed by atoms with van der Waals surface area (Å²) in [5.41, 5.74) is 1.74. The SMILES string of the molecule is CCCCCCOc1c(OCc2ccccc2)c(=O)n(CCCCCC)c2cc(OCCCC)ccc12. The molecule has 0 saturated heterocycles. The Morgan fingerprint density at radius 3 is 2.11 bits per heavy atom. The minimum Gasteiger partial charge on any atom is -0.494 e. The van der Waals surface area contributed by atoms with Crippen molar-refractivity contribution in [1.29, 1.82) is 0 Å². The topological polar surface area (TPSA) is 49.7 Å². The van der Waals surface area contributed by atoms with Crippen molar-refractivity contribution in [2.45, 2.75) is 98.1 Å². The molecule has 0 amide bonds. The number of benzene rings is 2. The van der Waals surface area contributed by atoms with E-state index in [2.05, 4.69) is 20.8 Å². The van der Waals surface area contributed by atoms with Crippen molar-refractivity contribution in [3.8, 4) is 17.2 Å². The van der Waals surface area contributed by atoms with Gasteiger partial charge in [-0.25, -0.2) is 0 Å². The summed E-state index contributed by atoms with van der Waals surface area (Å²) in [5, 5.41) is 0.900. The lowest BCUT2D eigenvalue weighted by molar-refractivity contribution is 0.255. The van der Waals surface area contributed by atoms with Gasteiger partial charge in [-0.2, -0.15) is 0 Å². The number of nitrogens with zero attached hydrogens (tertiary/aromatic N) is 1. The largest absolute Gasteiger partial charge is 0.494 e. The van der Waals surface area contributed by atoms with Crippen LogP contribution in [0.3, 0.4) is 0 Å². The first-order valence-electron chi connectivity index (χ1n) is 14.3. The van der Waals surface area contributed by atoms with E-state index in [9.17, 15) is 4.79 Å². The van der Waals surface area contributed by atoms with Crippen LogP contribution < -0.4 is 19.8 Å². The van der Waals surface area contributed by atoms with E-state index in [0.29, 0.717) is 37.9 Å². The summed E-state index contributed by atoms with van der Waals surface area (Å²) in [6.07, 6.45) is 10.8. The number of fused-ring (bicyclic) bond motifs is 1. The molecule has 37 heavy (non-hydrogen) atoms. The zero-order valence-corrected chi connectivity index (χ0v) is 23.1. The Labute approximate surface area is 222 Å². The van der Waals surface area contributed by atoms with Gasteiger partial charge < -0.3 is 18.8 Å². The lowest BCUT2D eigenvalue weighted by Gasteiger charge is -2.19. The van der Waals surface area contributed by atoms with Gasteiger partial charge in [-0.15, -0.1) is 0 Å². The first-order chi connectivity index (χ1) is 18.2. The summed E-state index contributed by atoms with van der Waals surface area (Å²) >= 11 is 0. The summed E-state index contributed by atoms with van der Waals surface area (Å²) in [6, 6.07) is 16.0. The standard InChI is InChI=1S/C32H45NO4/c1-4-7-10-15-21-33-29-24-27(35-22-9-6-3)19-20-28(29)30(36-23-16-11-8-5-2)31(32(33)34)37-25-26-17-13-12-14-18-26/h12-14,17-20,24H,4-11,15-16,21-23,25H2,1-3H3. The number of hydrogen-bond donors (Lipinski definition) is 0. The van der Waals surface area contributed by atoms with E-state index in [1.54, 1.807) is 0 Å². The molecule has 0 N–H and O–H groups in total. The van der Waals surface area contributed by atoms with Gasteiger partial charge in [0.25, 0.3) is 5.56 Å². The zero-order chi connectivity index (χ0) is 26.3. The Hall–Kier alpha value is -2.95. The third-order valence-corrected chi connectivity index (χ3v) is 6.62. The van der Waals surface area contributed by atoms with Crippen molar-refractivity contribution >= 4 is 10.9 Å². The van der Waals surface area contributed by atoms with E-state index >= 15 is 0 Å². The molecule has 0 fully saturated rings. The van der Waals surface area contributed by atoms with Crippen LogP contribution in [-0.2, 0) is 13.2 Å². The van der Waals surface area contributed by atoms with E-state index < -0.39 is 0 Å². The van der Waals surface area contributed by atoms with Crippen LogP contribution in [0.5, 0.6) is 17.2 Å². The molecule has 0 aliphatic rings. The molecule has 2 aromatic carbocycles. The number of aryl methyl sites for hydroxylation is 1. The second kappa shape index (κ2) is 16.0. The smallest absolute Gasteiger partial charge is 0.297 e. The van der Waals surface area contributed by atoms with E-state index in [1.807, 2.05) is 53.1 Å². The highest BCUT2D eigenvalue weighted by molar-refractivity contribution is 5.89. The van der Waals surface area contributed by atoms with Crippen LogP contribution in [-0.4, -0.2) is 17.8 Å². The average Bonchev–Trinajstić information content (AvgIpc) is 2.92. The van der Waals surface area contributed by atoms with Crippen LogP contribution in [0.4, 0.5) is 0 Å². The number of ether oxygens (including phenoxy) is 3. The molecule has 1 heterocycles. The van der Waals surface area contributed by atoms with Crippen molar-refractivity contribution < 1.29 is 14.2 Å². The fraction of sp³-hybridized carbons (Fsp3) is 0.531. The molecule has 0 spiro atoms. The molecule has 5 nitrogen and oxygen atoms in total. The van der Waals surface area contributed by atoms with Gasteiger partial charge in [0, 0.05) is 18.0 Å². The van der Waals surface area contributed by atoms with E-state index in [4.69, 9.17) is 14.2 Å². The third kappa shape index (κ3) is 8.55. The highest BCUT2D eigenvalue weighted by Crippen LogP contribution is 2.35. The number of hydrogen-bond acceptors (Lipinski definition) is 4. The Balaban J connectivity index is 2.02. The van der Waals surface area contributed by atoms with Crippen LogP contribution in [0.1, 0.15) is 90.5 Å². The van der Waals surface area contributed by atoms with Crippen LogP contribution in [0.25, 0.3) is 10.9 Å². The van der Waals surface area contributed by atoms with Crippen LogP contribution in [0.15, 0.2) is 53.3 Å². The Morgan fingerprint density at radius 2 is 1.38 bits per heavy atom. The number of aromatic nitrogens is 1. The highest BCUT2D eigenvalue weighted by atomic mass is 16.5. The van der Waals surface area contributed by atoms with Crippen molar-refractivity contribution in [2.24, 2.45) is 0 Å². The second-order valence-electron chi connectivity index (χ2n) is 9.74. The summed E-state index contributed by atoms with van der Waals surface area (Å²) in [5.74, 6) is 1.65. The van der Waals surface area contributed by atoms with Crippen LogP contribution >= 0.6 is 0 Å². The van der Waals surface area contributed by atoms with Crippen molar-refractivity contribution in [2.75, 3.05) is 13.2 Å². The van der Waals surface area contributed by atoms with Crippen molar-refractivity contribution in [3.05, 3.63) is 64.4 Å². The fourth-order valence-corrected chi connectivity index (χ4v) is 4.42. The van der Waals surface area contributed by atoms with Gasteiger partial charge in [-0.1, -0.05) is 96.0 Å². The molecule has 3 aromatic rings. The van der Waals surface area contributed by atoms with Crippen LogP contribution in [0.2, 0.25) is 0 Å². The van der Waals surface area contributed by atoms with Gasteiger partial charge in [0.15, 0.2) is 5.75 Å². The lowest BCUT2D eigenvalue weighted by Crippen LogP contribution is -2.24. The quantitative estimate of drug-likeness (QED) is 0.162. The minimum absolute atomic E-state index is 0.130. The summed E-state index contributed by atoms with van der Waals surface area (Å²) < 4.78 is 20.4. The molecule has 0 unspecified atom stereocenters. The number of rotatable bonds is 18. The molecule has 0 bridgehead atoms. The lowest BCUT2D eigenvalue weighted by atomic mass is 10.1. The molecule has 1 aromatic heterocycles. The Bertz CT molecular complexity index is 1120. The van der Waals surface area contributed by atoms with E-state index in [1.165, 1.54) is 12.8 Å². The normalized spacial score (nSPS) is 11.1. The zero-order valence-electron chi connectivity index (χ0n) is 23.1. The van der Waals surface area contributed by atoms with E-state index in [0.717, 1.165) is 73.6 Å². The van der Waals surface area contributed by atoms with Gasteiger partial charge in [-0.3, -0.25) is 4.79 Å². The third-order valence-electron chi connectivity index (χ3n) is 6.62. The molecule has 202 valence electrons. The molecule has 3 rings (SSSR count). The first-order valence-corrected chi connectivity index (χ1v) is 14.3. The average molecular weight is 508 g/mol. The predicted octanol–water partition coefficient (Wildman–Crippen LogP) is 8.30. The molecule has 0 saturated carbocycles. The first kappa shape index (κ1) is 28.6. The molecule has 5 heteroatoms.